The Labute approximate surface area is 89.9 Å². The van der Waals surface area contributed by atoms with Gasteiger partial charge in [0.25, 0.3) is 0 Å². The third-order valence-electron chi connectivity index (χ3n) is 2.18. The first-order valence-electron chi connectivity index (χ1n) is 4.82. The molecule has 84 valence electrons. The van der Waals surface area contributed by atoms with Gasteiger partial charge in [-0.15, -0.1) is 0 Å². The lowest BCUT2D eigenvalue weighted by Gasteiger charge is -2.21. The third-order valence-corrected chi connectivity index (χ3v) is 2.18. The van der Waals surface area contributed by atoms with Crippen molar-refractivity contribution in [2.45, 2.75) is 25.9 Å². The maximum absolute atomic E-state index is 11.5. The molecule has 0 aliphatic carbocycles. The van der Waals surface area contributed by atoms with E-state index in [2.05, 4.69) is 4.98 Å². The fraction of sp³-hybridized carbons (Fsp3) is 0.600. The van der Waals surface area contributed by atoms with Crippen LogP contribution < -0.4 is 5.73 Å². The molecule has 0 atom stereocenters. The van der Waals surface area contributed by atoms with Gasteiger partial charge in [0, 0.05) is 20.3 Å². The Morgan fingerprint density at radius 1 is 1.60 bits per heavy atom. The van der Waals surface area contributed by atoms with E-state index in [4.69, 9.17) is 5.73 Å². The molecular formula is C10H18N4O. The molecule has 1 aromatic heterocycles. The zero-order valence-corrected chi connectivity index (χ0v) is 9.69. The Morgan fingerprint density at radius 2 is 2.20 bits per heavy atom. The zero-order valence-electron chi connectivity index (χ0n) is 9.69. The van der Waals surface area contributed by atoms with Crippen molar-refractivity contribution in [1.29, 1.82) is 0 Å². The molecule has 1 amide bonds. The number of nitrogens with zero attached hydrogens (tertiary/aromatic N) is 3. The number of carbonyl (C=O) groups is 1. The van der Waals surface area contributed by atoms with Gasteiger partial charge in [-0.05, 0) is 13.8 Å². The first kappa shape index (κ1) is 11.7. The summed E-state index contributed by atoms with van der Waals surface area (Å²) in [4.78, 5) is 17.1. The van der Waals surface area contributed by atoms with Crippen LogP contribution in [0.4, 0.5) is 0 Å². The summed E-state index contributed by atoms with van der Waals surface area (Å²) in [6.07, 6.45) is 3.33. The molecule has 0 bridgehead atoms. The highest BCUT2D eigenvalue weighted by Crippen LogP contribution is 2.15. The van der Waals surface area contributed by atoms with Gasteiger partial charge in [0.15, 0.2) is 0 Å². The molecule has 1 aromatic rings. The van der Waals surface area contributed by atoms with E-state index in [0.29, 0.717) is 0 Å². The van der Waals surface area contributed by atoms with Crippen LogP contribution in [0.2, 0.25) is 0 Å². The van der Waals surface area contributed by atoms with Crippen molar-refractivity contribution in [3.63, 3.8) is 0 Å². The van der Waals surface area contributed by atoms with E-state index in [1.165, 1.54) is 0 Å². The first-order valence-corrected chi connectivity index (χ1v) is 4.82. The Hall–Kier alpha value is -1.36. The second kappa shape index (κ2) is 4.02. The number of aromatic nitrogens is 2. The molecule has 0 aliphatic heterocycles. The second-order valence-corrected chi connectivity index (χ2v) is 4.42. The van der Waals surface area contributed by atoms with E-state index in [-0.39, 0.29) is 12.5 Å². The fourth-order valence-electron chi connectivity index (χ4n) is 1.27. The average molecular weight is 210 g/mol. The highest BCUT2D eigenvalue weighted by Gasteiger charge is 2.20. The molecule has 0 fully saturated rings. The van der Waals surface area contributed by atoms with Crippen LogP contribution in [0, 0.1) is 0 Å². The molecule has 5 nitrogen and oxygen atoms in total. The Morgan fingerprint density at radius 3 is 2.67 bits per heavy atom. The quantitative estimate of drug-likeness (QED) is 0.773. The van der Waals surface area contributed by atoms with E-state index < -0.39 is 5.54 Å². The molecule has 5 heteroatoms. The van der Waals surface area contributed by atoms with Crippen molar-refractivity contribution in [3.8, 4) is 0 Å². The van der Waals surface area contributed by atoms with Gasteiger partial charge in [0.05, 0.1) is 17.6 Å². The minimum absolute atomic E-state index is 0.0264. The predicted molar refractivity (Wildman–Crippen MR) is 58.1 cm³/mol. The molecule has 0 aromatic carbocycles. The van der Waals surface area contributed by atoms with Crippen LogP contribution in [0.15, 0.2) is 12.5 Å². The van der Waals surface area contributed by atoms with Gasteiger partial charge in [-0.3, -0.25) is 4.79 Å². The lowest BCUT2D eigenvalue weighted by molar-refractivity contribution is -0.129. The lowest BCUT2D eigenvalue weighted by atomic mass is 10.0. The van der Waals surface area contributed by atoms with Gasteiger partial charge in [0.1, 0.15) is 6.54 Å². The van der Waals surface area contributed by atoms with Crippen molar-refractivity contribution in [3.05, 3.63) is 18.2 Å². The summed E-state index contributed by atoms with van der Waals surface area (Å²) in [5.41, 5.74) is 6.34. The number of likely N-dealkylation sites (N-methyl/N-ethyl adjacent to an activating group) is 1. The number of carbonyl (C=O) groups excluding carboxylic acids is 1. The molecule has 0 aliphatic rings. The Bertz CT molecular complexity index is 349. The summed E-state index contributed by atoms with van der Waals surface area (Å²) in [6, 6.07) is 0. The number of rotatable bonds is 3. The number of imidazole rings is 1. The van der Waals surface area contributed by atoms with Gasteiger partial charge in [0.2, 0.25) is 5.91 Å². The van der Waals surface area contributed by atoms with Crippen LogP contribution in [0.1, 0.15) is 19.5 Å². The molecule has 1 heterocycles. The highest BCUT2D eigenvalue weighted by molar-refractivity contribution is 5.75. The van der Waals surface area contributed by atoms with Crippen molar-refractivity contribution < 1.29 is 4.79 Å². The fourth-order valence-corrected chi connectivity index (χ4v) is 1.27. The molecule has 15 heavy (non-hydrogen) atoms. The third kappa shape index (κ3) is 2.79. The average Bonchev–Trinajstić information content (AvgIpc) is 2.50. The van der Waals surface area contributed by atoms with Gasteiger partial charge in [-0.25, -0.2) is 4.98 Å². The molecule has 2 N–H and O–H groups in total. The number of hydrogen-bond donors (Lipinski definition) is 1. The van der Waals surface area contributed by atoms with Crippen molar-refractivity contribution in [2.24, 2.45) is 5.73 Å². The summed E-state index contributed by atoms with van der Waals surface area (Å²) >= 11 is 0. The predicted octanol–water partition coefficient (Wildman–Crippen LogP) is 0.165. The van der Waals surface area contributed by atoms with Crippen LogP contribution in [-0.2, 0) is 16.9 Å². The van der Waals surface area contributed by atoms with Crippen LogP contribution in [-0.4, -0.2) is 34.5 Å². The number of hydrogen-bond acceptors (Lipinski definition) is 3. The lowest BCUT2D eigenvalue weighted by Crippen LogP contribution is -2.34. The minimum Gasteiger partial charge on any atom is -0.347 e. The maximum Gasteiger partial charge on any atom is 0.242 e. The van der Waals surface area contributed by atoms with E-state index >= 15 is 0 Å². The summed E-state index contributed by atoms with van der Waals surface area (Å²) in [6.45, 7) is 4.06. The van der Waals surface area contributed by atoms with Crippen LogP contribution in [0.3, 0.4) is 0 Å². The van der Waals surface area contributed by atoms with Gasteiger partial charge < -0.3 is 15.2 Å². The Kier molecular flexibility index (Phi) is 3.14. The van der Waals surface area contributed by atoms with Crippen molar-refractivity contribution in [2.75, 3.05) is 14.1 Å². The van der Waals surface area contributed by atoms with Gasteiger partial charge in [-0.1, -0.05) is 0 Å². The van der Waals surface area contributed by atoms with Gasteiger partial charge in [-0.2, -0.15) is 0 Å². The number of nitrogens with two attached hydrogens (primary N) is 1. The standard InChI is InChI=1S/C10H18N4O/c1-10(2,11)8-5-12-7-14(8)6-9(15)13(3)4/h5,7H,6,11H2,1-4H3. The molecular weight excluding hydrogens is 192 g/mol. The molecule has 0 saturated heterocycles. The van der Waals surface area contributed by atoms with Crippen molar-refractivity contribution in [1.82, 2.24) is 14.5 Å². The molecule has 0 saturated carbocycles. The van der Waals surface area contributed by atoms with E-state index in [9.17, 15) is 4.79 Å². The van der Waals surface area contributed by atoms with E-state index in [1.807, 2.05) is 13.8 Å². The SMILES string of the molecule is CN(C)C(=O)Cn1cncc1C(C)(C)N. The van der Waals surface area contributed by atoms with Crippen LogP contribution in [0.25, 0.3) is 0 Å². The smallest absolute Gasteiger partial charge is 0.242 e. The number of amides is 1. The second-order valence-electron chi connectivity index (χ2n) is 4.42. The molecule has 0 unspecified atom stereocenters. The largest absolute Gasteiger partial charge is 0.347 e. The topological polar surface area (TPSA) is 64.2 Å². The summed E-state index contributed by atoms with van der Waals surface area (Å²) in [5, 5.41) is 0. The van der Waals surface area contributed by atoms with Crippen LogP contribution in [0.5, 0.6) is 0 Å². The van der Waals surface area contributed by atoms with E-state index in [1.54, 1.807) is 36.1 Å². The molecule has 0 radical (unpaired) electrons. The first-order chi connectivity index (χ1) is 6.82. The molecule has 1 rings (SSSR count). The normalized spacial score (nSPS) is 11.5. The van der Waals surface area contributed by atoms with Crippen LogP contribution >= 0.6 is 0 Å². The highest BCUT2D eigenvalue weighted by atomic mass is 16.2. The summed E-state index contributed by atoms with van der Waals surface area (Å²) in [7, 11) is 3.46. The summed E-state index contributed by atoms with van der Waals surface area (Å²) < 4.78 is 1.78. The maximum atomic E-state index is 11.5. The monoisotopic (exact) mass is 210 g/mol. The minimum atomic E-state index is -0.483. The Balaban J connectivity index is 2.88. The van der Waals surface area contributed by atoms with Crippen molar-refractivity contribution >= 4 is 5.91 Å². The molecule has 0 spiro atoms. The zero-order chi connectivity index (χ0) is 11.6. The summed E-state index contributed by atoms with van der Waals surface area (Å²) in [5.74, 6) is 0.0264. The van der Waals surface area contributed by atoms with Gasteiger partial charge >= 0.3 is 0 Å². The van der Waals surface area contributed by atoms with E-state index in [0.717, 1.165) is 5.69 Å².